The minimum absolute atomic E-state index is 1.21. The average molecular weight is 757 g/mol. The number of rotatable bonds is 2. The lowest BCUT2D eigenvalue weighted by atomic mass is 9.79. The fraction of sp³-hybridized carbons (Fsp3) is 0. The average Bonchev–Trinajstić information content (AvgIpc) is 3.33. The molecule has 0 saturated carbocycles. The molecule has 0 spiro atoms. The third kappa shape index (κ3) is 4.86. The summed E-state index contributed by atoms with van der Waals surface area (Å²) in [6, 6.07) is 81.6. The summed E-state index contributed by atoms with van der Waals surface area (Å²) >= 11 is 0. The van der Waals surface area contributed by atoms with Gasteiger partial charge in [-0.2, -0.15) is 0 Å². The van der Waals surface area contributed by atoms with E-state index >= 15 is 0 Å². The number of hydrogen-bond donors (Lipinski definition) is 0. The van der Waals surface area contributed by atoms with Gasteiger partial charge in [0.05, 0.1) is 0 Å². The quantitative estimate of drug-likeness (QED) is 0.154. The van der Waals surface area contributed by atoms with Crippen LogP contribution in [0.1, 0.15) is 0 Å². The van der Waals surface area contributed by atoms with Gasteiger partial charge in [0.1, 0.15) is 0 Å². The summed E-state index contributed by atoms with van der Waals surface area (Å²) in [6.07, 6.45) is 0. The molecule has 0 fully saturated rings. The summed E-state index contributed by atoms with van der Waals surface area (Å²) in [6.45, 7) is 0. The minimum atomic E-state index is 1.21. The van der Waals surface area contributed by atoms with E-state index in [1.165, 1.54) is 131 Å². The van der Waals surface area contributed by atoms with Gasteiger partial charge in [-0.15, -0.1) is 0 Å². The molecule has 1 aliphatic rings. The van der Waals surface area contributed by atoms with Crippen LogP contribution in [-0.4, -0.2) is 0 Å². The normalized spacial score (nSPS) is 12.0. The zero-order chi connectivity index (χ0) is 39.3. The highest BCUT2D eigenvalue weighted by molar-refractivity contribution is 6.27. The number of fused-ring (bicyclic) bond motifs is 20. The molecule has 0 aromatic heterocycles. The second kappa shape index (κ2) is 12.9. The van der Waals surface area contributed by atoms with Crippen molar-refractivity contribution in [2.75, 3.05) is 0 Å². The Bertz CT molecular complexity index is 3510. The first-order valence-electron chi connectivity index (χ1n) is 20.9. The molecule has 0 bridgehead atoms. The summed E-state index contributed by atoms with van der Waals surface area (Å²) < 4.78 is 0. The zero-order valence-corrected chi connectivity index (χ0v) is 32.8. The Labute approximate surface area is 348 Å². The van der Waals surface area contributed by atoms with E-state index in [1.54, 1.807) is 0 Å². The van der Waals surface area contributed by atoms with Crippen molar-refractivity contribution in [1.82, 2.24) is 0 Å². The van der Waals surface area contributed by atoms with Crippen LogP contribution >= 0.6 is 0 Å². The van der Waals surface area contributed by atoms with Gasteiger partial charge in [-0.05, 0) is 156 Å². The molecule has 0 radical (unpaired) electrons. The Morgan fingerprint density at radius 2 is 0.350 bits per heavy atom. The van der Waals surface area contributed by atoms with Gasteiger partial charge < -0.3 is 0 Å². The molecule has 0 heteroatoms. The number of hydrogen-bond acceptors (Lipinski definition) is 0. The summed E-state index contributed by atoms with van der Waals surface area (Å²) in [5.74, 6) is 0. The van der Waals surface area contributed by atoms with E-state index in [0.29, 0.717) is 0 Å². The molecule has 0 amide bonds. The van der Waals surface area contributed by atoms with Crippen LogP contribution in [0.3, 0.4) is 0 Å². The SMILES string of the molecule is c1ccc2c(c1)-c1ccccc1-c1cc(-c3ccc4c5ccccc5c5ccccc5c4c3)ccc1-c1cc(-c3ccc4c5ccccc5c5ccccc5c4c3)ccc1-2. The van der Waals surface area contributed by atoms with Crippen LogP contribution in [0, 0.1) is 0 Å². The molecule has 13 rings (SSSR count). The van der Waals surface area contributed by atoms with Crippen LogP contribution in [0.4, 0.5) is 0 Å². The first-order valence-corrected chi connectivity index (χ1v) is 20.9. The van der Waals surface area contributed by atoms with Gasteiger partial charge in [0, 0.05) is 0 Å². The summed E-state index contributed by atoms with van der Waals surface area (Å²) in [5, 5.41) is 15.5. The van der Waals surface area contributed by atoms with Crippen LogP contribution in [0.15, 0.2) is 218 Å². The van der Waals surface area contributed by atoms with Gasteiger partial charge in [0.25, 0.3) is 0 Å². The van der Waals surface area contributed by atoms with Crippen LogP contribution in [0.25, 0.3) is 131 Å². The summed E-state index contributed by atoms with van der Waals surface area (Å²) in [4.78, 5) is 0. The van der Waals surface area contributed by atoms with Crippen molar-refractivity contribution >= 4 is 64.6 Å². The Morgan fingerprint density at radius 3 is 0.700 bits per heavy atom. The van der Waals surface area contributed by atoms with E-state index in [0.717, 1.165) is 0 Å². The Balaban J connectivity index is 1.04. The van der Waals surface area contributed by atoms with Crippen LogP contribution in [0.2, 0.25) is 0 Å². The van der Waals surface area contributed by atoms with E-state index in [4.69, 9.17) is 0 Å². The van der Waals surface area contributed by atoms with Gasteiger partial charge in [0.15, 0.2) is 0 Å². The Hall–Kier alpha value is -7.80. The first-order chi connectivity index (χ1) is 29.8. The molecule has 0 N–H and O–H groups in total. The second-order valence-electron chi connectivity index (χ2n) is 16.3. The molecule has 0 aliphatic heterocycles. The maximum absolute atomic E-state index is 2.44. The second-order valence-corrected chi connectivity index (χ2v) is 16.3. The van der Waals surface area contributed by atoms with Crippen molar-refractivity contribution in [2.45, 2.75) is 0 Å². The topological polar surface area (TPSA) is 0 Å². The Morgan fingerprint density at radius 1 is 0.133 bits per heavy atom. The Kier molecular flexibility index (Phi) is 7.11. The van der Waals surface area contributed by atoms with E-state index in [9.17, 15) is 0 Å². The highest BCUT2D eigenvalue weighted by atomic mass is 14.3. The summed E-state index contributed by atoms with van der Waals surface area (Å²) in [7, 11) is 0. The van der Waals surface area contributed by atoms with Crippen molar-refractivity contribution in [3.63, 3.8) is 0 Å². The van der Waals surface area contributed by atoms with Gasteiger partial charge in [0.2, 0.25) is 0 Å². The van der Waals surface area contributed by atoms with Gasteiger partial charge in [-0.3, -0.25) is 0 Å². The molecule has 0 atom stereocenters. The molecule has 60 heavy (non-hydrogen) atoms. The van der Waals surface area contributed by atoms with Gasteiger partial charge in [-0.1, -0.05) is 194 Å². The molecule has 1 aliphatic carbocycles. The zero-order valence-electron chi connectivity index (χ0n) is 32.8. The lowest BCUT2D eigenvalue weighted by molar-refractivity contribution is 1.51. The molecule has 0 unspecified atom stereocenters. The van der Waals surface area contributed by atoms with Gasteiger partial charge >= 0.3 is 0 Å². The third-order valence-corrected chi connectivity index (χ3v) is 13.2. The maximum Gasteiger partial charge on any atom is -0.00928 e. The van der Waals surface area contributed by atoms with Crippen molar-refractivity contribution < 1.29 is 0 Å². The predicted molar refractivity (Wildman–Crippen MR) is 258 cm³/mol. The first kappa shape index (κ1) is 33.2. The van der Waals surface area contributed by atoms with Crippen molar-refractivity contribution in [1.29, 1.82) is 0 Å². The molecule has 12 aromatic carbocycles. The van der Waals surface area contributed by atoms with E-state index in [1.807, 2.05) is 0 Å². The molecule has 0 saturated heterocycles. The monoisotopic (exact) mass is 756 g/mol. The fourth-order valence-corrected chi connectivity index (χ4v) is 10.4. The molecule has 0 heterocycles. The lowest BCUT2D eigenvalue weighted by Gasteiger charge is -2.24. The van der Waals surface area contributed by atoms with Crippen LogP contribution in [-0.2, 0) is 0 Å². The largest absolute Gasteiger partial charge is 0.0616 e. The van der Waals surface area contributed by atoms with Gasteiger partial charge in [-0.25, -0.2) is 0 Å². The van der Waals surface area contributed by atoms with Crippen molar-refractivity contribution in [3.8, 4) is 66.8 Å². The highest BCUT2D eigenvalue weighted by Gasteiger charge is 2.23. The molecular formula is C60H36. The van der Waals surface area contributed by atoms with E-state index < -0.39 is 0 Å². The molecule has 276 valence electrons. The molecule has 12 aromatic rings. The van der Waals surface area contributed by atoms with E-state index in [2.05, 4.69) is 218 Å². The molecular weight excluding hydrogens is 721 g/mol. The minimum Gasteiger partial charge on any atom is -0.0616 e. The lowest BCUT2D eigenvalue weighted by Crippen LogP contribution is -1.98. The van der Waals surface area contributed by atoms with Crippen LogP contribution < -0.4 is 0 Å². The predicted octanol–water partition coefficient (Wildman–Crippen LogP) is 16.9. The standard InChI is InChI=1S/C60H36/c1-4-19-47-41(13-1)44-16-7-10-22-50(44)57-33-37(25-29-53(47)57)39-27-31-55-49-21-6-3-15-43(49)46-18-9-12-24-52(46)59-35-40(28-32-56(59)60(55)36-39)38-26-30-54-48-20-5-2-14-42(48)45-17-8-11-23-51(45)58(54)34-38/h1-36H. The highest BCUT2D eigenvalue weighted by Crippen LogP contribution is 2.50. The van der Waals surface area contributed by atoms with Crippen molar-refractivity contribution in [2.24, 2.45) is 0 Å². The maximum atomic E-state index is 2.44. The molecule has 0 nitrogen and oxygen atoms in total. The number of benzene rings is 12. The van der Waals surface area contributed by atoms with E-state index in [-0.39, 0.29) is 0 Å². The summed E-state index contributed by atoms with van der Waals surface area (Å²) in [5.41, 5.74) is 14.9. The third-order valence-electron chi connectivity index (χ3n) is 13.2. The fourth-order valence-electron chi connectivity index (χ4n) is 10.4. The van der Waals surface area contributed by atoms with Crippen molar-refractivity contribution in [3.05, 3.63) is 218 Å². The smallest absolute Gasteiger partial charge is 0.00928 e. The van der Waals surface area contributed by atoms with Crippen LogP contribution in [0.5, 0.6) is 0 Å².